The third-order valence-electron chi connectivity index (χ3n) is 2.73. The van der Waals surface area contributed by atoms with Crippen molar-refractivity contribution in [1.29, 1.82) is 0 Å². The average molecular weight is 197 g/mol. The van der Waals surface area contributed by atoms with Crippen LogP contribution in [0.3, 0.4) is 0 Å². The number of rotatable bonds is 3. The minimum atomic E-state index is -0.179. The second-order valence-electron chi connectivity index (χ2n) is 3.80. The van der Waals surface area contributed by atoms with Gasteiger partial charge >= 0.3 is 0 Å². The van der Waals surface area contributed by atoms with Crippen LogP contribution in [0.1, 0.15) is 6.92 Å². The summed E-state index contributed by atoms with van der Waals surface area (Å²) < 4.78 is 0. The molecule has 1 aliphatic rings. The van der Waals surface area contributed by atoms with Crippen LogP contribution in [0, 0.1) is 0 Å². The molecule has 0 aliphatic carbocycles. The maximum atomic E-state index is 11.8. The predicted molar refractivity (Wildman–Crippen MR) is 56.8 cm³/mol. The molecular weight excluding hydrogens is 178 g/mol. The van der Waals surface area contributed by atoms with Crippen molar-refractivity contribution in [1.82, 2.24) is 9.80 Å². The first-order valence-electron chi connectivity index (χ1n) is 4.93. The molecule has 0 spiro atoms. The van der Waals surface area contributed by atoms with Crippen molar-refractivity contribution in [3.63, 3.8) is 0 Å². The average Bonchev–Trinajstić information content (AvgIpc) is 2.15. The normalized spacial score (nSPS) is 29.4. The van der Waals surface area contributed by atoms with Gasteiger partial charge in [-0.25, -0.2) is 0 Å². The molecule has 2 unspecified atom stereocenters. The summed E-state index contributed by atoms with van der Waals surface area (Å²) in [5.41, 5.74) is 5.62. The Morgan fingerprint density at radius 1 is 1.71 bits per heavy atom. The highest BCUT2D eigenvalue weighted by Crippen LogP contribution is 2.14. The molecule has 2 N–H and O–H groups in total. The standard InChI is InChI=1S/C10H19N3O/c1-4-5-13-8(2)7-12(3)10(14)9(13)6-11/h4,8-9H,1,5-7,11H2,2-3H3. The van der Waals surface area contributed by atoms with E-state index in [1.807, 2.05) is 13.1 Å². The summed E-state index contributed by atoms with van der Waals surface area (Å²) in [5.74, 6) is 0.118. The topological polar surface area (TPSA) is 49.6 Å². The highest BCUT2D eigenvalue weighted by atomic mass is 16.2. The summed E-state index contributed by atoms with van der Waals surface area (Å²) in [7, 11) is 1.83. The maximum Gasteiger partial charge on any atom is 0.241 e. The lowest BCUT2D eigenvalue weighted by Gasteiger charge is -2.42. The van der Waals surface area contributed by atoms with Crippen molar-refractivity contribution in [2.75, 3.05) is 26.7 Å². The Kier molecular flexibility index (Phi) is 3.66. The molecule has 0 aromatic carbocycles. The van der Waals surface area contributed by atoms with Crippen LogP contribution in [0.15, 0.2) is 12.7 Å². The van der Waals surface area contributed by atoms with Gasteiger partial charge in [0.15, 0.2) is 0 Å². The van der Waals surface area contributed by atoms with Crippen molar-refractivity contribution in [2.45, 2.75) is 19.0 Å². The van der Waals surface area contributed by atoms with Gasteiger partial charge in [0.2, 0.25) is 5.91 Å². The van der Waals surface area contributed by atoms with E-state index >= 15 is 0 Å². The van der Waals surface area contributed by atoms with E-state index in [1.54, 1.807) is 4.90 Å². The molecule has 1 fully saturated rings. The summed E-state index contributed by atoms with van der Waals surface area (Å²) >= 11 is 0. The molecule has 0 aromatic heterocycles. The number of nitrogens with zero attached hydrogens (tertiary/aromatic N) is 2. The van der Waals surface area contributed by atoms with E-state index in [-0.39, 0.29) is 11.9 Å². The Morgan fingerprint density at radius 3 is 2.86 bits per heavy atom. The minimum absolute atomic E-state index is 0.118. The van der Waals surface area contributed by atoms with Crippen LogP contribution in [0.2, 0.25) is 0 Å². The number of likely N-dealkylation sites (N-methyl/N-ethyl adjacent to an activating group) is 1. The smallest absolute Gasteiger partial charge is 0.241 e. The van der Waals surface area contributed by atoms with Crippen LogP contribution in [-0.2, 0) is 4.79 Å². The van der Waals surface area contributed by atoms with Crippen LogP contribution >= 0.6 is 0 Å². The van der Waals surface area contributed by atoms with Gasteiger partial charge in [-0.1, -0.05) is 6.08 Å². The molecular formula is C10H19N3O. The monoisotopic (exact) mass is 197 g/mol. The second kappa shape index (κ2) is 4.57. The molecule has 1 rings (SSSR count). The molecule has 1 heterocycles. The highest BCUT2D eigenvalue weighted by molar-refractivity contribution is 5.82. The zero-order chi connectivity index (χ0) is 10.7. The predicted octanol–water partition coefficient (Wildman–Crippen LogP) is -0.338. The third-order valence-corrected chi connectivity index (χ3v) is 2.73. The molecule has 0 radical (unpaired) electrons. The Morgan fingerprint density at radius 2 is 2.36 bits per heavy atom. The summed E-state index contributed by atoms with van der Waals surface area (Å²) in [4.78, 5) is 15.6. The summed E-state index contributed by atoms with van der Waals surface area (Å²) in [6, 6.07) is 0.172. The van der Waals surface area contributed by atoms with E-state index in [2.05, 4.69) is 18.4 Å². The highest BCUT2D eigenvalue weighted by Gasteiger charge is 2.35. The molecule has 0 saturated carbocycles. The third kappa shape index (κ3) is 1.96. The Bertz CT molecular complexity index is 229. The minimum Gasteiger partial charge on any atom is -0.343 e. The molecule has 14 heavy (non-hydrogen) atoms. The molecule has 4 nitrogen and oxygen atoms in total. The van der Waals surface area contributed by atoms with Gasteiger partial charge in [0.25, 0.3) is 0 Å². The number of carbonyl (C=O) groups is 1. The van der Waals surface area contributed by atoms with Crippen molar-refractivity contribution in [2.24, 2.45) is 5.73 Å². The molecule has 4 heteroatoms. The fraction of sp³-hybridized carbons (Fsp3) is 0.700. The summed E-state index contributed by atoms with van der Waals surface area (Å²) in [5, 5.41) is 0. The molecule has 1 aliphatic heterocycles. The molecule has 1 saturated heterocycles. The van der Waals surface area contributed by atoms with E-state index in [9.17, 15) is 4.79 Å². The van der Waals surface area contributed by atoms with Crippen LogP contribution in [-0.4, -0.2) is 54.5 Å². The van der Waals surface area contributed by atoms with Crippen LogP contribution in [0.25, 0.3) is 0 Å². The zero-order valence-electron chi connectivity index (χ0n) is 8.94. The fourth-order valence-electron chi connectivity index (χ4n) is 1.99. The van der Waals surface area contributed by atoms with Gasteiger partial charge in [0.1, 0.15) is 6.04 Å². The van der Waals surface area contributed by atoms with Gasteiger partial charge in [-0.2, -0.15) is 0 Å². The lowest BCUT2D eigenvalue weighted by Crippen LogP contribution is -2.62. The molecule has 80 valence electrons. The van der Waals surface area contributed by atoms with Crippen molar-refractivity contribution < 1.29 is 4.79 Å². The van der Waals surface area contributed by atoms with Gasteiger partial charge in [0, 0.05) is 32.7 Å². The van der Waals surface area contributed by atoms with Gasteiger partial charge in [-0.15, -0.1) is 6.58 Å². The Balaban J connectivity index is 2.79. The fourth-order valence-corrected chi connectivity index (χ4v) is 1.99. The Hall–Kier alpha value is -0.870. The van der Waals surface area contributed by atoms with E-state index in [0.717, 1.165) is 13.1 Å². The summed E-state index contributed by atoms with van der Waals surface area (Å²) in [6.07, 6.45) is 1.82. The molecule has 2 atom stereocenters. The SMILES string of the molecule is C=CCN1C(C)CN(C)C(=O)C1CN. The summed E-state index contributed by atoms with van der Waals surface area (Å²) in [6.45, 7) is 7.67. The number of carbonyl (C=O) groups excluding carboxylic acids is 1. The molecule has 0 aromatic rings. The number of amides is 1. The first-order chi connectivity index (χ1) is 6.61. The van der Waals surface area contributed by atoms with Gasteiger partial charge < -0.3 is 10.6 Å². The van der Waals surface area contributed by atoms with E-state index in [0.29, 0.717) is 12.6 Å². The van der Waals surface area contributed by atoms with Crippen LogP contribution < -0.4 is 5.73 Å². The number of nitrogens with two attached hydrogens (primary N) is 1. The number of hydrogen-bond donors (Lipinski definition) is 1. The molecule has 1 amide bonds. The van der Waals surface area contributed by atoms with E-state index < -0.39 is 0 Å². The van der Waals surface area contributed by atoms with Crippen molar-refractivity contribution >= 4 is 5.91 Å². The lowest BCUT2D eigenvalue weighted by atomic mass is 10.1. The van der Waals surface area contributed by atoms with Crippen LogP contribution in [0.4, 0.5) is 0 Å². The van der Waals surface area contributed by atoms with Gasteiger partial charge in [-0.3, -0.25) is 9.69 Å². The number of hydrogen-bond acceptors (Lipinski definition) is 3. The van der Waals surface area contributed by atoms with Crippen molar-refractivity contribution in [3.05, 3.63) is 12.7 Å². The lowest BCUT2D eigenvalue weighted by molar-refractivity contribution is -0.141. The molecule has 0 bridgehead atoms. The van der Waals surface area contributed by atoms with E-state index in [4.69, 9.17) is 5.73 Å². The van der Waals surface area contributed by atoms with Gasteiger partial charge in [0.05, 0.1) is 0 Å². The first kappa shape index (κ1) is 11.2. The largest absolute Gasteiger partial charge is 0.343 e. The Labute approximate surface area is 85.3 Å². The van der Waals surface area contributed by atoms with Crippen LogP contribution in [0.5, 0.6) is 0 Å². The first-order valence-corrected chi connectivity index (χ1v) is 4.93. The maximum absolute atomic E-state index is 11.8. The number of piperazine rings is 1. The zero-order valence-corrected chi connectivity index (χ0v) is 8.94. The van der Waals surface area contributed by atoms with E-state index in [1.165, 1.54) is 0 Å². The second-order valence-corrected chi connectivity index (χ2v) is 3.80. The van der Waals surface area contributed by atoms with Gasteiger partial charge in [-0.05, 0) is 6.92 Å². The quantitative estimate of drug-likeness (QED) is 0.630. The van der Waals surface area contributed by atoms with Crippen molar-refractivity contribution in [3.8, 4) is 0 Å².